The molecule has 20 heavy (non-hydrogen) atoms. The van der Waals surface area contributed by atoms with Crippen LogP contribution in [0.2, 0.25) is 0 Å². The molecule has 1 aliphatic carbocycles. The van der Waals surface area contributed by atoms with Gasteiger partial charge >= 0.3 is 0 Å². The summed E-state index contributed by atoms with van der Waals surface area (Å²) in [4.78, 5) is 12.0. The third-order valence-corrected chi connectivity index (χ3v) is 4.69. The van der Waals surface area contributed by atoms with Crippen molar-refractivity contribution in [3.8, 4) is 5.75 Å². The van der Waals surface area contributed by atoms with Crippen molar-refractivity contribution in [1.82, 2.24) is 0 Å². The summed E-state index contributed by atoms with van der Waals surface area (Å²) in [6.45, 7) is 5.57. The topological polar surface area (TPSA) is 63.6 Å². The molecule has 5 heteroatoms. The van der Waals surface area contributed by atoms with E-state index in [1.54, 1.807) is 31.2 Å². The average molecular weight is 296 g/mol. The van der Waals surface area contributed by atoms with Crippen LogP contribution in [-0.2, 0) is 21.5 Å². The van der Waals surface area contributed by atoms with E-state index < -0.39 is 28.0 Å². The summed E-state index contributed by atoms with van der Waals surface area (Å²) in [6, 6.07) is 6.80. The van der Waals surface area contributed by atoms with Crippen LogP contribution in [0.4, 0.5) is 0 Å². The number of ketones is 1. The van der Waals surface area contributed by atoms with Gasteiger partial charge in [-0.05, 0) is 17.7 Å². The third kappa shape index (κ3) is 2.29. The van der Waals surface area contributed by atoms with E-state index in [0.717, 1.165) is 0 Å². The Kier molecular flexibility index (Phi) is 3.77. The summed E-state index contributed by atoms with van der Waals surface area (Å²) >= 11 is -1.38. The van der Waals surface area contributed by atoms with Crippen molar-refractivity contribution < 1.29 is 18.3 Å². The van der Waals surface area contributed by atoms with Crippen molar-refractivity contribution >= 4 is 16.9 Å². The fraction of sp³-hybridized carbons (Fsp3) is 0.533. The molecule has 2 rings (SSSR count). The van der Waals surface area contributed by atoms with E-state index in [-0.39, 0.29) is 5.78 Å². The maximum absolute atomic E-state index is 12.0. The third-order valence-electron chi connectivity index (χ3n) is 4.27. The fourth-order valence-corrected chi connectivity index (χ4v) is 3.47. The molecule has 1 saturated carbocycles. The number of benzene rings is 1. The van der Waals surface area contributed by atoms with Crippen molar-refractivity contribution in [1.29, 1.82) is 0 Å². The van der Waals surface area contributed by atoms with E-state index in [9.17, 15) is 14.1 Å². The second kappa shape index (κ2) is 4.97. The van der Waals surface area contributed by atoms with Crippen molar-refractivity contribution in [2.24, 2.45) is 11.3 Å². The van der Waals surface area contributed by atoms with Crippen LogP contribution in [-0.4, -0.2) is 21.4 Å². The largest absolute Gasteiger partial charge is 0.401 e. The van der Waals surface area contributed by atoms with Crippen LogP contribution in [0.3, 0.4) is 0 Å². The van der Waals surface area contributed by atoms with Gasteiger partial charge in [-0.2, -0.15) is 0 Å². The van der Waals surface area contributed by atoms with Gasteiger partial charge in [0.25, 0.3) is 0 Å². The van der Waals surface area contributed by atoms with E-state index in [1.165, 1.54) is 6.26 Å². The molecule has 1 aromatic rings. The van der Waals surface area contributed by atoms with Crippen LogP contribution < -0.4 is 4.18 Å². The molecule has 1 fully saturated rings. The molecule has 3 atom stereocenters. The number of hydrogen-bond acceptors (Lipinski definition) is 4. The Morgan fingerprint density at radius 1 is 1.30 bits per heavy atom. The Morgan fingerprint density at radius 3 is 2.25 bits per heavy atom. The molecular formula is C15H20O4S. The van der Waals surface area contributed by atoms with Gasteiger partial charge in [0.15, 0.2) is 0 Å². The zero-order valence-electron chi connectivity index (χ0n) is 12.2. The number of hydrogen-bond donors (Lipinski definition) is 1. The average Bonchev–Trinajstić information content (AvgIpc) is 2.50. The predicted molar refractivity (Wildman–Crippen MR) is 77.6 cm³/mol. The first kappa shape index (κ1) is 15.2. The lowest BCUT2D eigenvalue weighted by molar-refractivity contribution is -0.125. The standard InChI is InChI=1S/C15H20O4S/c1-10-13(16)9-14(2,3)15(10,17)11-5-7-12(8-6-11)19-20(4)18/h5-8,10,17H,9H2,1-4H3. The minimum Gasteiger partial charge on any atom is -0.401 e. The molecule has 0 spiro atoms. The van der Waals surface area contributed by atoms with Crippen LogP contribution >= 0.6 is 0 Å². The second-order valence-electron chi connectivity index (χ2n) is 6.02. The molecule has 1 aromatic carbocycles. The van der Waals surface area contributed by atoms with Gasteiger partial charge in [0.05, 0.1) is 0 Å². The van der Waals surface area contributed by atoms with Crippen LogP contribution in [0.1, 0.15) is 32.8 Å². The lowest BCUT2D eigenvalue weighted by atomic mass is 9.70. The minimum atomic E-state index is -1.38. The van der Waals surface area contributed by atoms with Gasteiger partial charge in [-0.1, -0.05) is 32.9 Å². The number of aliphatic hydroxyl groups is 1. The smallest absolute Gasteiger partial charge is 0.203 e. The molecule has 0 heterocycles. The second-order valence-corrected chi connectivity index (χ2v) is 6.99. The van der Waals surface area contributed by atoms with Gasteiger partial charge in [-0.25, -0.2) is 4.21 Å². The first-order chi connectivity index (χ1) is 9.18. The summed E-state index contributed by atoms with van der Waals surface area (Å²) in [5.74, 6) is 0.116. The van der Waals surface area contributed by atoms with Crippen molar-refractivity contribution in [3.05, 3.63) is 29.8 Å². The van der Waals surface area contributed by atoms with Crippen molar-refractivity contribution in [2.45, 2.75) is 32.8 Å². The van der Waals surface area contributed by atoms with Crippen molar-refractivity contribution in [2.75, 3.05) is 6.26 Å². The monoisotopic (exact) mass is 296 g/mol. The Balaban J connectivity index is 2.39. The summed E-state index contributed by atoms with van der Waals surface area (Å²) in [7, 11) is 0. The van der Waals surface area contributed by atoms with Gasteiger partial charge in [0.1, 0.15) is 17.1 Å². The SMILES string of the molecule is CC1C(=O)CC(C)(C)C1(O)c1ccc(OS(C)=O)cc1. The van der Waals surface area contributed by atoms with Crippen molar-refractivity contribution in [3.63, 3.8) is 0 Å². The molecule has 4 nitrogen and oxygen atoms in total. The molecule has 1 aliphatic rings. The Hall–Kier alpha value is -1.20. The quantitative estimate of drug-likeness (QED) is 0.928. The maximum atomic E-state index is 12.0. The summed E-state index contributed by atoms with van der Waals surface area (Å²) in [5.41, 5.74) is -1.01. The van der Waals surface area contributed by atoms with Crippen LogP contribution in [0.15, 0.2) is 24.3 Å². The molecule has 0 radical (unpaired) electrons. The number of Topliss-reactive ketones (excluding diaryl/α,β-unsaturated/α-hetero) is 1. The van der Waals surface area contributed by atoms with Gasteiger partial charge < -0.3 is 9.29 Å². The lowest BCUT2D eigenvalue weighted by Gasteiger charge is -2.39. The highest BCUT2D eigenvalue weighted by atomic mass is 32.2. The van der Waals surface area contributed by atoms with E-state index >= 15 is 0 Å². The van der Waals surface area contributed by atoms with E-state index in [1.807, 2.05) is 13.8 Å². The van der Waals surface area contributed by atoms with Gasteiger partial charge in [0, 0.05) is 24.0 Å². The fourth-order valence-electron chi connectivity index (χ4n) is 3.08. The highest BCUT2D eigenvalue weighted by Gasteiger charge is 2.57. The molecule has 0 aliphatic heterocycles. The summed E-state index contributed by atoms with van der Waals surface area (Å²) in [5, 5.41) is 11.1. The maximum Gasteiger partial charge on any atom is 0.203 e. The van der Waals surface area contributed by atoms with Crippen LogP contribution in [0.5, 0.6) is 5.75 Å². The normalized spacial score (nSPS) is 30.2. The number of carbonyl (C=O) groups is 1. The van der Waals surface area contributed by atoms with E-state index in [0.29, 0.717) is 17.7 Å². The Labute approximate surface area is 121 Å². The molecule has 0 aromatic heterocycles. The van der Waals surface area contributed by atoms with Gasteiger partial charge in [0.2, 0.25) is 11.1 Å². The molecule has 0 saturated heterocycles. The zero-order valence-corrected chi connectivity index (χ0v) is 13.0. The minimum absolute atomic E-state index is 0.0764. The number of carbonyl (C=O) groups excluding carboxylic acids is 1. The van der Waals surface area contributed by atoms with E-state index in [4.69, 9.17) is 4.18 Å². The summed E-state index contributed by atoms with van der Waals surface area (Å²) in [6.07, 6.45) is 1.81. The first-order valence-electron chi connectivity index (χ1n) is 6.56. The first-order valence-corrected chi connectivity index (χ1v) is 8.04. The molecular weight excluding hydrogens is 276 g/mol. The van der Waals surface area contributed by atoms with Gasteiger partial charge in [-0.15, -0.1) is 0 Å². The Morgan fingerprint density at radius 2 is 1.85 bits per heavy atom. The van der Waals surface area contributed by atoms with Gasteiger partial charge in [-0.3, -0.25) is 4.79 Å². The molecule has 0 bridgehead atoms. The highest BCUT2D eigenvalue weighted by molar-refractivity contribution is 7.79. The molecule has 110 valence electrons. The lowest BCUT2D eigenvalue weighted by Crippen LogP contribution is -2.41. The van der Waals surface area contributed by atoms with Crippen LogP contribution in [0.25, 0.3) is 0 Å². The predicted octanol–water partition coefficient (Wildman–Crippen LogP) is 2.18. The molecule has 3 unspecified atom stereocenters. The summed E-state index contributed by atoms with van der Waals surface area (Å²) < 4.78 is 16.1. The number of rotatable bonds is 3. The Bertz CT molecular complexity index is 549. The zero-order chi connectivity index (χ0) is 15.1. The molecule has 0 amide bonds. The van der Waals surface area contributed by atoms with Crippen LogP contribution in [0, 0.1) is 11.3 Å². The van der Waals surface area contributed by atoms with E-state index in [2.05, 4.69) is 0 Å². The highest BCUT2D eigenvalue weighted by Crippen LogP contribution is 2.53. The molecule has 1 N–H and O–H groups in total.